The molecule has 0 aliphatic carbocycles. The van der Waals surface area contributed by atoms with Crippen molar-refractivity contribution in [2.75, 3.05) is 19.8 Å². The molecule has 1 aliphatic heterocycles. The molecular weight excluding hydrogens is 246 g/mol. The normalized spacial score (nSPS) is 18.6. The highest BCUT2D eigenvalue weighted by Gasteiger charge is 2.16. The van der Waals surface area contributed by atoms with Gasteiger partial charge in [-0.05, 0) is 31.9 Å². The van der Waals surface area contributed by atoms with Gasteiger partial charge in [-0.3, -0.25) is 0 Å². The minimum absolute atomic E-state index is 0.294. The molecule has 0 unspecified atom stereocenters. The first-order chi connectivity index (χ1) is 8.81. The van der Waals surface area contributed by atoms with E-state index in [0.29, 0.717) is 12.7 Å². The number of hydrogen-bond acceptors (Lipinski definition) is 3. The van der Waals surface area contributed by atoms with Crippen LogP contribution in [0.2, 0.25) is 0 Å². The molecule has 0 spiro atoms. The van der Waals surface area contributed by atoms with Crippen molar-refractivity contribution < 1.29 is 9.47 Å². The van der Waals surface area contributed by atoms with Crippen LogP contribution in [0, 0.1) is 0 Å². The summed E-state index contributed by atoms with van der Waals surface area (Å²) in [5.41, 5.74) is 0.951. The van der Waals surface area contributed by atoms with Gasteiger partial charge in [0, 0.05) is 13.2 Å². The molecule has 18 heavy (non-hydrogen) atoms. The topological polar surface area (TPSA) is 30.5 Å². The zero-order valence-corrected chi connectivity index (χ0v) is 11.5. The number of thiocarbonyl (C=S) groups is 1. The summed E-state index contributed by atoms with van der Waals surface area (Å²) in [6, 6.07) is 7.85. The molecule has 1 saturated heterocycles. The Morgan fingerprint density at radius 3 is 3.06 bits per heavy atom. The van der Waals surface area contributed by atoms with Gasteiger partial charge in [-0.1, -0.05) is 24.4 Å². The van der Waals surface area contributed by atoms with Crippen molar-refractivity contribution >= 4 is 17.2 Å². The number of nitrogens with one attached hydrogen (secondary N) is 1. The Balaban J connectivity index is 1.94. The summed E-state index contributed by atoms with van der Waals surface area (Å²) in [6.07, 6.45) is 2.55. The van der Waals surface area contributed by atoms with Gasteiger partial charge >= 0.3 is 0 Å². The van der Waals surface area contributed by atoms with Crippen molar-refractivity contribution in [3.8, 4) is 5.75 Å². The smallest absolute Gasteiger partial charge is 0.129 e. The summed E-state index contributed by atoms with van der Waals surface area (Å²) in [5.74, 6) is 0.838. The van der Waals surface area contributed by atoms with E-state index in [-0.39, 0.29) is 0 Å². The van der Waals surface area contributed by atoms with Crippen LogP contribution >= 0.6 is 12.2 Å². The molecule has 0 amide bonds. The molecule has 3 nitrogen and oxygen atoms in total. The summed E-state index contributed by atoms with van der Waals surface area (Å²) in [6.45, 7) is 4.26. The molecule has 1 aliphatic rings. The van der Waals surface area contributed by atoms with E-state index in [9.17, 15) is 0 Å². The third-order valence-electron chi connectivity index (χ3n) is 2.95. The van der Waals surface area contributed by atoms with E-state index < -0.39 is 0 Å². The maximum absolute atomic E-state index is 5.57. The molecule has 0 saturated carbocycles. The molecule has 1 N–H and O–H groups in total. The second kappa shape index (κ2) is 6.71. The van der Waals surface area contributed by atoms with Gasteiger partial charge in [-0.2, -0.15) is 0 Å². The van der Waals surface area contributed by atoms with Crippen molar-refractivity contribution in [2.45, 2.75) is 25.9 Å². The van der Waals surface area contributed by atoms with E-state index in [1.54, 1.807) is 0 Å². The second-order valence-corrected chi connectivity index (χ2v) is 4.68. The Bertz CT molecular complexity index is 403. The Morgan fingerprint density at radius 1 is 1.50 bits per heavy atom. The molecule has 0 aromatic heterocycles. The van der Waals surface area contributed by atoms with Gasteiger partial charge in [0.15, 0.2) is 0 Å². The van der Waals surface area contributed by atoms with Gasteiger partial charge < -0.3 is 14.8 Å². The SMILES string of the molecule is CCOc1ccccc1C(=S)NC[C@H]1CCCO1. The molecular formula is C14H19NO2S. The van der Waals surface area contributed by atoms with Gasteiger partial charge in [-0.15, -0.1) is 0 Å². The van der Waals surface area contributed by atoms with Gasteiger partial charge in [0.1, 0.15) is 10.7 Å². The van der Waals surface area contributed by atoms with E-state index in [4.69, 9.17) is 21.7 Å². The lowest BCUT2D eigenvalue weighted by Gasteiger charge is -2.15. The maximum atomic E-state index is 5.57. The fourth-order valence-corrected chi connectivity index (χ4v) is 2.29. The van der Waals surface area contributed by atoms with E-state index in [1.165, 1.54) is 0 Å². The van der Waals surface area contributed by atoms with Crippen LogP contribution in [-0.2, 0) is 4.74 Å². The van der Waals surface area contributed by atoms with Crippen molar-refractivity contribution in [1.29, 1.82) is 0 Å². The number of benzene rings is 1. The predicted molar refractivity (Wildman–Crippen MR) is 76.3 cm³/mol. The van der Waals surface area contributed by atoms with Crippen LogP contribution in [0.4, 0.5) is 0 Å². The average molecular weight is 265 g/mol. The maximum Gasteiger partial charge on any atom is 0.129 e. The van der Waals surface area contributed by atoms with E-state index in [1.807, 2.05) is 31.2 Å². The van der Waals surface area contributed by atoms with E-state index in [2.05, 4.69) is 5.32 Å². The summed E-state index contributed by atoms with van der Waals surface area (Å²) in [7, 11) is 0. The van der Waals surface area contributed by atoms with Crippen molar-refractivity contribution in [2.24, 2.45) is 0 Å². The highest BCUT2D eigenvalue weighted by Crippen LogP contribution is 2.18. The van der Waals surface area contributed by atoms with Gasteiger partial charge in [0.05, 0.1) is 18.3 Å². The predicted octanol–water partition coefficient (Wildman–Crippen LogP) is 2.53. The first-order valence-electron chi connectivity index (χ1n) is 6.43. The number of para-hydroxylation sites is 1. The first kappa shape index (κ1) is 13.3. The Labute approximate surface area is 113 Å². The molecule has 0 bridgehead atoms. The lowest BCUT2D eigenvalue weighted by molar-refractivity contribution is 0.114. The van der Waals surface area contributed by atoms with Gasteiger partial charge in [0.2, 0.25) is 0 Å². The third kappa shape index (κ3) is 3.43. The molecule has 4 heteroatoms. The number of ether oxygens (including phenoxy) is 2. The van der Waals surface area contributed by atoms with Crippen LogP contribution in [0.15, 0.2) is 24.3 Å². The summed E-state index contributed by atoms with van der Waals surface area (Å²) in [5, 5.41) is 3.27. The van der Waals surface area contributed by atoms with Gasteiger partial charge in [-0.25, -0.2) is 0 Å². The molecule has 1 heterocycles. The van der Waals surface area contributed by atoms with Crippen LogP contribution in [0.3, 0.4) is 0 Å². The van der Waals surface area contributed by atoms with Gasteiger partial charge in [0.25, 0.3) is 0 Å². The molecule has 1 fully saturated rings. The van der Waals surface area contributed by atoms with Crippen LogP contribution in [0.25, 0.3) is 0 Å². The van der Waals surface area contributed by atoms with Crippen LogP contribution in [0.1, 0.15) is 25.3 Å². The van der Waals surface area contributed by atoms with Crippen LogP contribution in [-0.4, -0.2) is 30.9 Å². The average Bonchev–Trinajstić information content (AvgIpc) is 2.90. The fraction of sp³-hybridized carbons (Fsp3) is 0.500. The number of rotatable bonds is 5. The standard InChI is InChI=1S/C14H19NO2S/c1-2-16-13-8-4-3-7-12(13)14(18)15-10-11-6-5-9-17-11/h3-4,7-8,11H,2,5-6,9-10H2,1H3,(H,15,18)/t11-/m1/s1. The molecule has 1 aromatic rings. The Hall–Kier alpha value is -1.13. The summed E-state index contributed by atoms with van der Waals surface area (Å²) >= 11 is 5.41. The van der Waals surface area contributed by atoms with E-state index in [0.717, 1.165) is 42.3 Å². The summed E-state index contributed by atoms with van der Waals surface area (Å²) < 4.78 is 11.1. The van der Waals surface area contributed by atoms with Crippen molar-refractivity contribution in [3.63, 3.8) is 0 Å². The highest BCUT2D eigenvalue weighted by atomic mass is 32.1. The summed E-state index contributed by atoms with van der Waals surface area (Å²) in [4.78, 5) is 0.731. The molecule has 2 rings (SSSR count). The minimum Gasteiger partial charge on any atom is -0.493 e. The monoisotopic (exact) mass is 265 g/mol. The largest absolute Gasteiger partial charge is 0.493 e. The van der Waals surface area contributed by atoms with Crippen LogP contribution in [0.5, 0.6) is 5.75 Å². The molecule has 1 atom stereocenters. The zero-order valence-electron chi connectivity index (χ0n) is 10.6. The highest BCUT2D eigenvalue weighted by molar-refractivity contribution is 7.80. The third-order valence-corrected chi connectivity index (χ3v) is 3.31. The molecule has 98 valence electrons. The van der Waals surface area contributed by atoms with Crippen LogP contribution < -0.4 is 10.1 Å². The zero-order chi connectivity index (χ0) is 12.8. The second-order valence-electron chi connectivity index (χ2n) is 4.27. The quantitative estimate of drug-likeness (QED) is 0.829. The lowest BCUT2D eigenvalue weighted by Crippen LogP contribution is -2.31. The van der Waals surface area contributed by atoms with E-state index >= 15 is 0 Å². The minimum atomic E-state index is 0.294. The molecule has 1 aromatic carbocycles. The van der Waals surface area contributed by atoms with Crippen molar-refractivity contribution in [3.05, 3.63) is 29.8 Å². The fourth-order valence-electron chi connectivity index (χ4n) is 2.04. The Kier molecular flexibility index (Phi) is 4.96. The van der Waals surface area contributed by atoms with Crippen molar-refractivity contribution in [1.82, 2.24) is 5.32 Å². The Morgan fingerprint density at radius 2 is 2.33 bits per heavy atom. The molecule has 0 radical (unpaired) electrons. The lowest BCUT2D eigenvalue weighted by atomic mass is 10.2. The number of hydrogen-bond donors (Lipinski definition) is 1. The first-order valence-corrected chi connectivity index (χ1v) is 6.83.